The Hall–Kier alpha value is -1.72. The molecule has 2 aliphatic rings. The average Bonchev–Trinajstić information content (AvgIpc) is 2.76. The summed E-state index contributed by atoms with van der Waals surface area (Å²) in [6.07, 6.45) is -15.4. The molecule has 14 heteroatoms. The highest BCUT2D eigenvalue weighted by atomic mass is 16.6. The third kappa shape index (κ3) is 5.79. The van der Waals surface area contributed by atoms with Gasteiger partial charge in [-0.1, -0.05) is 0 Å². The number of ether oxygens (including phenoxy) is 3. The van der Waals surface area contributed by atoms with Crippen molar-refractivity contribution in [1.82, 2.24) is 0 Å². The Kier molecular flexibility index (Phi) is 9.47. The summed E-state index contributed by atoms with van der Waals surface area (Å²) in [6, 6.07) is 0. The van der Waals surface area contributed by atoms with E-state index in [0.717, 1.165) is 0 Å². The number of carbonyl (C=O) groups excluding carboxylic acids is 1. The molecule has 0 amide bonds. The van der Waals surface area contributed by atoms with Gasteiger partial charge in [-0.15, -0.1) is 0 Å². The number of carboxylic acids is 1. The van der Waals surface area contributed by atoms with Gasteiger partial charge in [0.1, 0.15) is 48.8 Å². The van der Waals surface area contributed by atoms with Crippen LogP contribution in [-0.4, -0.2) is 139 Å². The zero-order chi connectivity index (χ0) is 24.2. The number of rotatable bonds is 8. The molecule has 2 heterocycles. The second kappa shape index (κ2) is 11.4. The summed E-state index contributed by atoms with van der Waals surface area (Å²) in [7, 11) is 0. The van der Waals surface area contributed by atoms with Crippen LogP contribution in [0.15, 0.2) is 12.2 Å². The normalized spacial score (nSPS) is 41.4. The van der Waals surface area contributed by atoms with Gasteiger partial charge in [-0.3, -0.25) is 0 Å². The zero-order valence-corrected chi connectivity index (χ0v) is 16.7. The number of hydrogen-bond acceptors (Lipinski definition) is 13. The van der Waals surface area contributed by atoms with Crippen LogP contribution in [0, 0.1) is 5.92 Å². The van der Waals surface area contributed by atoms with E-state index in [0.29, 0.717) is 12.2 Å². The molecule has 0 spiro atoms. The molecule has 0 aromatic carbocycles. The van der Waals surface area contributed by atoms with E-state index in [9.17, 15) is 50.4 Å². The summed E-state index contributed by atoms with van der Waals surface area (Å²) >= 11 is 0. The fourth-order valence-electron chi connectivity index (χ4n) is 3.71. The Bertz CT molecular complexity index is 630. The van der Waals surface area contributed by atoms with Gasteiger partial charge in [-0.2, -0.15) is 0 Å². The first kappa shape index (κ1) is 26.5. The molecule has 9 N–H and O–H groups in total. The monoisotopic (exact) mass is 468 g/mol. The number of carboxylic acid groups (broad SMARTS) is 1. The summed E-state index contributed by atoms with van der Waals surface area (Å²) in [5.74, 6) is -3.94. The number of esters is 1. The molecular weight excluding hydrogens is 440 g/mol. The summed E-state index contributed by atoms with van der Waals surface area (Å²) in [5, 5.41) is 88.4. The van der Waals surface area contributed by atoms with Crippen molar-refractivity contribution in [3.05, 3.63) is 12.2 Å². The van der Waals surface area contributed by atoms with Gasteiger partial charge in [0.25, 0.3) is 0 Å². The van der Waals surface area contributed by atoms with Crippen molar-refractivity contribution in [1.29, 1.82) is 0 Å². The van der Waals surface area contributed by atoms with Crippen molar-refractivity contribution in [3.63, 3.8) is 0 Å². The predicted octanol–water partition coefficient (Wildman–Crippen LogP) is -5.53. The molecule has 2 aliphatic heterocycles. The second-order valence-corrected chi connectivity index (χ2v) is 7.55. The molecule has 2 unspecified atom stereocenters. The Balaban J connectivity index is 2.34. The summed E-state index contributed by atoms with van der Waals surface area (Å²) in [4.78, 5) is 22.4. The van der Waals surface area contributed by atoms with Gasteiger partial charge in [0, 0.05) is 12.2 Å². The molecule has 14 nitrogen and oxygen atoms in total. The van der Waals surface area contributed by atoms with Crippen molar-refractivity contribution in [3.8, 4) is 0 Å². The highest BCUT2D eigenvalue weighted by Gasteiger charge is 2.53. The maximum absolute atomic E-state index is 11.8. The van der Waals surface area contributed by atoms with E-state index in [-0.39, 0.29) is 0 Å². The number of aliphatic hydroxyl groups is 8. The quantitative estimate of drug-likeness (QED) is 0.119. The van der Waals surface area contributed by atoms with E-state index in [2.05, 4.69) is 0 Å². The first-order chi connectivity index (χ1) is 15.0. The molecule has 0 aliphatic carbocycles. The minimum Gasteiger partial charge on any atom is -0.478 e. The summed E-state index contributed by atoms with van der Waals surface area (Å²) in [5.41, 5.74) is 0. The van der Waals surface area contributed by atoms with Gasteiger partial charge in [0.2, 0.25) is 0 Å². The summed E-state index contributed by atoms with van der Waals surface area (Å²) in [6.45, 7) is -2.26. The zero-order valence-electron chi connectivity index (χ0n) is 16.7. The minimum absolute atomic E-state index is 0.499. The Morgan fingerprint density at radius 2 is 1.19 bits per heavy atom. The highest BCUT2D eigenvalue weighted by Crippen LogP contribution is 2.34. The maximum atomic E-state index is 11.8. The fraction of sp³-hybridized carbons (Fsp3) is 0.778. The van der Waals surface area contributed by atoms with Gasteiger partial charge >= 0.3 is 11.9 Å². The van der Waals surface area contributed by atoms with Crippen molar-refractivity contribution in [2.45, 2.75) is 61.0 Å². The van der Waals surface area contributed by atoms with Crippen molar-refractivity contribution >= 4 is 11.9 Å². The molecule has 2 rings (SSSR count). The molecule has 32 heavy (non-hydrogen) atoms. The number of carbonyl (C=O) groups is 2. The van der Waals surface area contributed by atoms with Crippen LogP contribution in [0.4, 0.5) is 0 Å². The lowest BCUT2D eigenvalue weighted by Crippen LogP contribution is -2.66. The molecule has 0 saturated carbocycles. The van der Waals surface area contributed by atoms with E-state index < -0.39 is 98.7 Å². The van der Waals surface area contributed by atoms with Crippen molar-refractivity contribution in [2.24, 2.45) is 5.92 Å². The second-order valence-electron chi connectivity index (χ2n) is 7.55. The van der Waals surface area contributed by atoms with E-state index >= 15 is 0 Å². The lowest BCUT2D eigenvalue weighted by atomic mass is 9.80. The molecule has 0 radical (unpaired) electrons. The van der Waals surface area contributed by atoms with E-state index in [1.165, 1.54) is 0 Å². The van der Waals surface area contributed by atoms with Crippen LogP contribution in [-0.2, 0) is 23.8 Å². The van der Waals surface area contributed by atoms with Crippen LogP contribution < -0.4 is 0 Å². The van der Waals surface area contributed by atoms with Crippen LogP contribution in [0.5, 0.6) is 0 Å². The number of aliphatic hydroxyl groups excluding tert-OH is 8. The van der Waals surface area contributed by atoms with E-state index in [1.807, 2.05) is 0 Å². The first-order valence-corrected chi connectivity index (χ1v) is 9.72. The largest absolute Gasteiger partial charge is 0.478 e. The Morgan fingerprint density at radius 3 is 1.56 bits per heavy atom. The van der Waals surface area contributed by atoms with Gasteiger partial charge in [0.15, 0.2) is 0 Å². The standard InChI is InChI=1S/C18H28O14/c19-3-7-11(24)13(26)15(28)17(31-7)6(5-30-10(23)2-1-9(21)22)18-16(29)14(27)12(25)8(4-20)32-18/h1-2,6-8,11-20,24-29H,3-5H2,(H,21,22)/b2-1-/t6?,7-,8-,11-,12-,13+,14+,15-,16-,17?,18?/m1/s1. The molecule has 0 aromatic rings. The van der Waals surface area contributed by atoms with Crippen LogP contribution >= 0.6 is 0 Å². The topological polar surface area (TPSA) is 244 Å². The molecule has 184 valence electrons. The molecule has 2 saturated heterocycles. The average molecular weight is 468 g/mol. The smallest absolute Gasteiger partial charge is 0.331 e. The predicted molar refractivity (Wildman–Crippen MR) is 98.8 cm³/mol. The number of hydrogen-bond donors (Lipinski definition) is 9. The van der Waals surface area contributed by atoms with E-state index in [4.69, 9.17) is 19.3 Å². The third-order valence-corrected chi connectivity index (χ3v) is 5.48. The molecule has 10 atom stereocenters. The molecular formula is C18H28O14. The van der Waals surface area contributed by atoms with Crippen LogP contribution in [0.2, 0.25) is 0 Å². The Morgan fingerprint density at radius 1 is 0.750 bits per heavy atom. The van der Waals surface area contributed by atoms with Crippen LogP contribution in [0.3, 0.4) is 0 Å². The maximum Gasteiger partial charge on any atom is 0.331 e. The molecule has 0 aromatic heterocycles. The van der Waals surface area contributed by atoms with Gasteiger partial charge in [-0.25, -0.2) is 9.59 Å². The molecule has 0 bridgehead atoms. The molecule has 2 fully saturated rings. The summed E-state index contributed by atoms with van der Waals surface area (Å²) < 4.78 is 15.8. The minimum atomic E-state index is -1.83. The van der Waals surface area contributed by atoms with Gasteiger partial charge in [-0.05, 0) is 0 Å². The SMILES string of the molecule is O=C(O)/C=C\C(=O)OCC(C1O[C@H](CO)[C@@H](O)[C@H](O)[C@H]1O)C1O[C@H](CO)[C@@H](O)[C@H](O)[C@H]1O. The lowest BCUT2D eigenvalue weighted by Gasteiger charge is -2.48. The van der Waals surface area contributed by atoms with Crippen LogP contribution in [0.1, 0.15) is 0 Å². The third-order valence-electron chi connectivity index (χ3n) is 5.48. The number of aliphatic carboxylic acids is 1. The van der Waals surface area contributed by atoms with Crippen molar-refractivity contribution in [2.75, 3.05) is 19.8 Å². The lowest BCUT2D eigenvalue weighted by molar-refractivity contribution is -0.285. The van der Waals surface area contributed by atoms with Crippen LogP contribution in [0.25, 0.3) is 0 Å². The van der Waals surface area contributed by atoms with E-state index in [1.54, 1.807) is 0 Å². The Labute approximate surface area is 181 Å². The van der Waals surface area contributed by atoms with Gasteiger partial charge < -0.3 is 60.2 Å². The fourth-order valence-corrected chi connectivity index (χ4v) is 3.71. The highest BCUT2D eigenvalue weighted by molar-refractivity contribution is 5.90. The van der Waals surface area contributed by atoms with Crippen molar-refractivity contribution < 1.29 is 69.8 Å². The first-order valence-electron chi connectivity index (χ1n) is 9.72. The van der Waals surface area contributed by atoms with Gasteiger partial charge in [0.05, 0.1) is 37.9 Å².